The molecule has 0 heterocycles. The van der Waals surface area contributed by atoms with E-state index < -0.39 is 0 Å². The van der Waals surface area contributed by atoms with Crippen molar-refractivity contribution in [2.45, 2.75) is 6.54 Å². The minimum Gasteiger partial charge on any atom is -0.326 e. The van der Waals surface area contributed by atoms with Crippen molar-refractivity contribution in [3.8, 4) is 6.07 Å². The normalized spacial score (nSPS) is 11.0. The van der Waals surface area contributed by atoms with Gasteiger partial charge < -0.3 is 5.73 Å². The average molecular weight is 234 g/mol. The van der Waals surface area contributed by atoms with Gasteiger partial charge in [0.25, 0.3) is 0 Å². The molecule has 0 unspecified atom stereocenters. The summed E-state index contributed by atoms with van der Waals surface area (Å²) in [7, 11) is 0. The molecule has 88 valence electrons. The van der Waals surface area contributed by atoms with E-state index in [1.165, 1.54) is 0 Å². The van der Waals surface area contributed by atoms with Crippen LogP contribution in [0.25, 0.3) is 11.6 Å². The summed E-state index contributed by atoms with van der Waals surface area (Å²) in [6, 6.07) is 19.8. The lowest BCUT2D eigenvalue weighted by Gasteiger charge is -2.01. The minimum absolute atomic E-state index is 0.518. The van der Waals surface area contributed by atoms with E-state index in [1.54, 1.807) is 0 Å². The maximum absolute atomic E-state index is 9.22. The Morgan fingerprint density at radius 1 is 1.06 bits per heavy atom. The number of benzene rings is 2. The molecule has 0 aliphatic rings. The van der Waals surface area contributed by atoms with E-state index in [0.717, 1.165) is 16.7 Å². The molecule has 0 saturated carbocycles. The van der Waals surface area contributed by atoms with E-state index in [9.17, 15) is 5.26 Å². The zero-order valence-corrected chi connectivity index (χ0v) is 10.0. The average Bonchev–Trinajstić information content (AvgIpc) is 2.46. The van der Waals surface area contributed by atoms with Gasteiger partial charge in [0.05, 0.1) is 11.6 Å². The Kier molecular flexibility index (Phi) is 3.90. The van der Waals surface area contributed by atoms with Crippen molar-refractivity contribution in [3.05, 3.63) is 71.3 Å². The fourth-order valence-electron chi connectivity index (χ4n) is 1.72. The van der Waals surface area contributed by atoms with Crippen molar-refractivity contribution in [2.24, 2.45) is 5.73 Å². The first-order valence-electron chi connectivity index (χ1n) is 5.79. The van der Waals surface area contributed by atoms with Crippen molar-refractivity contribution >= 4 is 11.6 Å². The molecule has 0 radical (unpaired) electrons. The number of nitrogens with two attached hydrogens (primary N) is 1. The lowest BCUT2D eigenvalue weighted by atomic mass is 10.0. The van der Waals surface area contributed by atoms with Gasteiger partial charge in [0, 0.05) is 6.54 Å². The summed E-state index contributed by atoms with van der Waals surface area (Å²) >= 11 is 0. The van der Waals surface area contributed by atoms with Crippen LogP contribution >= 0.6 is 0 Å². The minimum atomic E-state index is 0.518. The fourth-order valence-corrected chi connectivity index (χ4v) is 1.72. The number of hydrogen-bond acceptors (Lipinski definition) is 2. The summed E-state index contributed by atoms with van der Waals surface area (Å²) in [4.78, 5) is 0. The predicted molar refractivity (Wildman–Crippen MR) is 74.3 cm³/mol. The van der Waals surface area contributed by atoms with E-state index in [4.69, 9.17) is 5.73 Å². The van der Waals surface area contributed by atoms with Gasteiger partial charge >= 0.3 is 0 Å². The molecule has 0 bridgehead atoms. The first kappa shape index (κ1) is 12.1. The van der Waals surface area contributed by atoms with Gasteiger partial charge in [0.2, 0.25) is 0 Å². The molecule has 2 N–H and O–H groups in total. The molecule has 18 heavy (non-hydrogen) atoms. The molecule has 0 aliphatic heterocycles. The molecule has 0 spiro atoms. The van der Waals surface area contributed by atoms with Crippen molar-refractivity contribution in [2.75, 3.05) is 0 Å². The first-order valence-corrected chi connectivity index (χ1v) is 5.79. The lowest BCUT2D eigenvalue weighted by molar-refractivity contribution is 1.07. The summed E-state index contributed by atoms with van der Waals surface area (Å²) in [6.45, 7) is 0.518. The maximum Gasteiger partial charge on any atom is 0.0998 e. The Hall–Kier alpha value is -2.37. The van der Waals surface area contributed by atoms with Crippen LogP contribution in [0.1, 0.15) is 16.7 Å². The second-order valence-corrected chi connectivity index (χ2v) is 3.98. The fraction of sp³-hybridized carbons (Fsp3) is 0.0625. The van der Waals surface area contributed by atoms with Crippen LogP contribution in [-0.4, -0.2) is 0 Å². The summed E-state index contributed by atoms with van der Waals surface area (Å²) in [5.74, 6) is 0. The number of nitriles is 1. The van der Waals surface area contributed by atoms with Gasteiger partial charge in [-0.05, 0) is 22.8 Å². The Morgan fingerprint density at radius 2 is 1.72 bits per heavy atom. The van der Waals surface area contributed by atoms with Crippen LogP contribution in [0.2, 0.25) is 0 Å². The first-order chi connectivity index (χ1) is 8.83. The molecular formula is C16H14N2. The van der Waals surface area contributed by atoms with Crippen LogP contribution in [-0.2, 0) is 6.54 Å². The molecular weight excluding hydrogens is 220 g/mol. The van der Waals surface area contributed by atoms with Gasteiger partial charge in [0.15, 0.2) is 0 Å². The van der Waals surface area contributed by atoms with Gasteiger partial charge in [-0.1, -0.05) is 54.6 Å². The van der Waals surface area contributed by atoms with Gasteiger partial charge in [-0.2, -0.15) is 5.26 Å². The summed E-state index contributed by atoms with van der Waals surface area (Å²) in [5.41, 5.74) is 9.22. The lowest BCUT2D eigenvalue weighted by Crippen LogP contribution is -1.95. The van der Waals surface area contributed by atoms with Crippen molar-refractivity contribution in [3.63, 3.8) is 0 Å². The van der Waals surface area contributed by atoms with Crippen molar-refractivity contribution in [1.82, 2.24) is 0 Å². The van der Waals surface area contributed by atoms with Crippen LogP contribution in [0.3, 0.4) is 0 Å². The number of rotatable bonds is 3. The van der Waals surface area contributed by atoms with Crippen LogP contribution in [0.5, 0.6) is 0 Å². The van der Waals surface area contributed by atoms with Crippen molar-refractivity contribution < 1.29 is 0 Å². The van der Waals surface area contributed by atoms with Crippen LogP contribution in [0.15, 0.2) is 54.6 Å². The molecule has 2 rings (SSSR count). The largest absolute Gasteiger partial charge is 0.326 e. The molecule has 2 heteroatoms. The molecule has 2 aromatic carbocycles. The highest BCUT2D eigenvalue weighted by Gasteiger charge is 2.00. The quantitative estimate of drug-likeness (QED) is 0.655. The highest BCUT2D eigenvalue weighted by atomic mass is 14.5. The summed E-state index contributed by atoms with van der Waals surface area (Å²) in [5, 5.41) is 9.22. The third-order valence-corrected chi connectivity index (χ3v) is 2.73. The topological polar surface area (TPSA) is 49.8 Å². The number of nitrogens with zero attached hydrogens (tertiary/aromatic N) is 1. The Labute approximate surface area is 107 Å². The SMILES string of the molecule is N#C/C(=C\c1ccccc1)c1ccc(CN)cc1. The van der Waals surface area contributed by atoms with E-state index >= 15 is 0 Å². The van der Waals surface area contributed by atoms with Crippen molar-refractivity contribution in [1.29, 1.82) is 5.26 Å². The van der Waals surface area contributed by atoms with Crippen LogP contribution < -0.4 is 5.73 Å². The molecule has 0 saturated heterocycles. The third kappa shape index (κ3) is 2.85. The van der Waals surface area contributed by atoms with Crippen LogP contribution in [0, 0.1) is 11.3 Å². The van der Waals surface area contributed by atoms with E-state index in [0.29, 0.717) is 12.1 Å². The molecule has 0 aromatic heterocycles. The van der Waals surface area contributed by atoms with Gasteiger partial charge in [0.1, 0.15) is 0 Å². The van der Waals surface area contributed by atoms with Gasteiger partial charge in [-0.15, -0.1) is 0 Å². The Morgan fingerprint density at radius 3 is 2.28 bits per heavy atom. The predicted octanol–water partition coefficient (Wildman–Crippen LogP) is 3.21. The monoisotopic (exact) mass is 234 g/mol. The maximum atomic E-state index is 9.22. The second kappa shape index (κ2) is 5.81. The molecule has 0 aliphatic carbocycles. The standard InChI is InChI=1S/C16H14N2/c17-11-14-6-8-15(9-7-14)16(12-18)10-13-4-2-1-3-5-13/h1-10H,11,17H2/b16-10+. The summed E-state index contributed by atoms with van der Waals surface area (Å²) < 4.78 is 0. The Balaban J connectivity index is 2.34. The van der Waals surface area contributed by atoms with E-state index in [2.05, 4.69) is 6.07 Å². The second-order valence-electron chi connectivity index (χ2n) is 3.98. The third-order valence-electron chi connectivity index (χ3n) is 2.73. The summed E-state index contributed by atoms with van der Waals surface area (Å²) in [6.07, 6.45) is 1.89. The zero-order chi connectivity index (χ0) is 12.8. The highest BCUT2D eigenvalue weighted by Crippen LogP contribution is 2.18. The number of allylic oxidation sites excluding steroid dienone is 1. The molecule has 0 atom stereocenters. The smallest absolute Gasteiger partial charge is 0.0998 e. The van der Waals surface area contributed by atoms with Gasteiger partial charge in [-0.3, -0.25) is 0 Å². The molecule has 0 amide bonds. The Bertz CT molecular complexity index is 575. The highest BCUT2D eigenvalue weighted by molar-refractivity contribution is 5.89. The molecule has 2 aromatic rings. The van der Waals surface area contributed by atoms with E-state index in [1.807, 2.05) is 60.7 Å². The van der Waals surface area contributed by atoms with Gasteiger partial charge in [-0.25, -0.2) is 0 Å². The van der Waals surface area contributed by atoms with Crippen LogP contribution in [0.4, 0.5) is 0 Å². The zero-order valence-electron chi connectivity index (χ0n) is 10.0. The van der Waals surface area contributed by atoms with E-state index in [-0.39, 0.29) is 0 Å². The molecule has 2 nitrogen and oxygen atoms in total. The molecule has 0 fully saturated rings. The number of hydrogen-bond donors (Lipinski definition) is 1.